The molecule has 0 saturated heterocycles. The van der Waals surface area contributed by atoms with Crippen molar-refractivity contribution in [3.8, 4) is 0 Å². The number of carbonyl (C=O) groups excluding carboxylic acids is 1. The third-order valence-corrected chi connectivity index (χ3v) is 6.04. The lowest BCUT2D eigenvalue weighted by molar-refractivity contribution is -0.118. The number of hydrogen-bond acceptors (Lipinski definition) is 5. The molecular formula is C20H21N5OS. The third kappa shape index (κ3) is 3.08. The van der Waals surface area contributed by atoms with Crippen molar-refractivity contribution in [2.75, 3.05) is 5.32 Å². The Hall–Kier alpha value is -2.80. The molecule has 1 amide bonds. The predicted octanol–water partition coefficient (Wildman–Crippen LogP) is 4.22. The average molecular weight is 379 g/mol. The van der Waals surface area contributed by atoms with E-state index in [4.69, 9.17) is 0 Å². The fourth-order valence-corrected chi connectivity index (χ4v) is 4.61. The van der Waals surface area contributed by atoms with Gasteiger partial charge in [0.1, 0.15) is 18.3 Å². The summed E-state index contributed by atoms with van der Waals surface area (Å²) in [6.07, 6.45) is 1.49. The number of benzene rings is 1. The number of rotatable bonds is 3. The van der Waals surface area contributed by atoms with Crippen molar-refractivity contribution in [1.82, 2.24) is 14.8 Å². The maximum atomic E-state index is 13.3. The van der Waals surface area contributed by atoms with Crippen LogP contribution in [0.4, 0.5) is 11.6 Å². The van der Waals surface area contributed by atoms with Gasteiger partial charge in [-0.1, -0.05) is 17.7 Å². The van der Waals surface area contributed by atoms with E-state index in [9.17, 15) is 4.79 Å². The zero-order valence-electron chi connectivity index (χ0n) is 15.7. The molecule has 27 heavy (non-hydrogen) atoms. The van der Waals surface area contributed by atoms with Gasteiger partial charge in [-0.25, -0.2) is 9.67 Å². The Labute approximate surface area is 162 Å². The number of carbonyl (C=O) groups is 1. The lowest BCUT2D eigenvalue weighted by Gasteiger charge is -2.30. The van der Waals surface area contributed by atoms with Crippen LogP contribution in [0.3, 0.4) is 0 Å². The zero-order valence-corrected chi connectivity index (χ0v) is 16.5. The number of amides is 1. The SMILES string of the molecule is CC1=Nc2ncnn2C(c2sccc2C)C1C(=O)Nc1ccc(C)cc1C. The van der Waals surface area contributed by atoms with Crippen LogP contribution in [0.2, 0.25) is 0 Å². The molecule has 1 aliphatic rings. The van der Waals surface area contributed by atoms with E-state index in [0.717, 1.165) is 27.4 Å². The van der Waals surface area contributed by atoms with Crippen molar-refractivity contribution in [2.45, 2.75) is 33.7 Å². The fourth-order valence-electron chi connectivity index (χ4n) is 3.56. The molecule has 1 aliphatic heterocycles. The van der Waals surface area contributed by atoms with Crippen LogP contribution in [-0.2, 0) is 4.79 Å². The zero-order chi connectivity index (χ0) is 19.1. The van der Waals surface area contributed by atoms with E-state index in [2.05, 4.69) is 39.4 Å². The van der Waals surface area contributed by atoms with Crippen LogP contribution in [0.5, 0.6) is 0 Å². The van der Waals surface area contributed by atoms with Gasteiger partial charge in [-0.05, 0) is 56.3 Å². The van der Waals surface area contributed by atoms with Crippen LogP contribution in [-0.4, -0.2) is 26.4 Å². The molecule has 3 aromatic rings. The van der Waals surface area contributed by atoms with Crippen LogP contribution in [0.1, 0.15) is 34.5 Å². The second kappa shape index (κ2) is 6.74. The Morgan fingerprint density at radius 2 is 1.96 bits per heavy atom. The standard InChI is InChI=1S/C20H21N5OS/c1-11-5-6-15(13(3)9-11)24-19(26)16-14(4)23-20-21-10-22-25(20)17(16)18-12(2)7-8-27-18/h5-10,16-17H,1-4H3,(H,24,26). The lowest BCUT2D eigenvalue weighted by atomic mass is 9.90. The monoisotopic (exact) mass is 379 g/mol. The number of fused-ring (bicyclic) bond motifs is 1. The van der Waals surface area contributed by atoms with Crippen molar-refractivity contribution < 1.29 is 4.79 Å². The highest BCUT2D eigenvalue weighted by Crippen LogP contribution is 2.39. The van der Waals surface area contributed by atoms with Crippen molar-refractivity contribution in [1.29, 1.82) is 0 Å². The lowest BCUT2D eigenvalue weighted by Crippen LogP contribution is -2.39. The molecule has 3 heterocycles. The summed E-state index contributed by atoms with van der Waals surface area (Å²) in [6.45, 7) is 7.99. The second-order valence-corrected chi connectivity index (χ2v) is 7.90. The highest BCUT2D eigenvalue weighted by atomic mass is 32.1. The van der Waals surface area contributed by atoms with Gasteiger partial charge in [0.2, 0.25) is 11.9 Å². The van der Waals surface area contributed by atoms with Crippen molar-refractivity contribution in [2.24, 2.45) is 10.9 Å². The summed E-state index contributed by atoms with van der Waals surface area (Å²) in [5, 5.41) is 9.50. The number of nitrogens with one attached hydrogen (secondary N) is 1. The molecular weight excluding hydrogens is 358 g/mol. The van der Waals surface area contributed by atoms with E-state index in [1.165, 1.54) is 11.9 Å². The molecule has 0 saturated carbocycles. The molecule has 6 nitrogen and oxygen atoms in total. The Balaban J connectivity index is 1.75. The maximum absolute atomic E-state index is 13.3. The highest BCUT2D eigenvalue weighted by Gasteiger charge is 2.40. The van der Waals surface area contributed by atoms with Gasteiger partial charge >= 0.3 is 0 Å². The number of aryl methyl sites for hydroxylation is 3. The van der Waals surface area contributed by atoms with Crippen LogP contribution in [0.25, 0.3) is 0 Å². The van der Waals surface area contributed by atoms with Gasteiger partial charge in [-0.15, -0.1) is 11.3 Å². The third-order valence-electron chi connectivity index (χ3n) is 4.95. The molecule has 2 atom stereocenters. The number of nitrogens with zero attached hydrogens (tertiary/aromatic N) is 4. The maximum Gasteiger partial charge on any atom is 0.248 e. The van der Waals surface area contributed by atoms with Crippen LogP contribution in [0.15, 0.2) is 41.0 Å². The molecule has 0 fully saturated rings. The molecule has 0 spiro atoms. The van der Waals surface area contributed by atoms with E-state index < -0.39 is 5.92 Å². The summed E-state index contributed by atoms with van der Waals surface area (Å²) >= 11 is 1.63. The minimum Gasteiger partial charge on any atom is -0.325 e. The fraction of sp³-hybridized carbons (Fsp3) is 0.300. The summed E-state index contributed by atoms with van der Waals surface area (Å²) in [5.41, 5.74) is 4.92. The molecule has 1 N–H and O–H groups in total. The van der Waals surface area contributed by atoms with Crippen LogP contribution in [0, 0.1) is 26.7 Å². The highest BCUT2D eigenvalue weighted by molar-refractivity contribution is 7.10. The van der Waals surface area contributed by atoms with Gasteiger partial charge in [-0.3, -0.25) is 4.79 Å². The molecule has 4 rings (SSSR count). The molecule has 0 bridgehead atoms. The van der Waals surface area contributed by atoms with E-state index >= 15 is 0 Å². The number of thiophene rings is 1. The van der Waals surface area contributed by atoms with E-state index in [1.54, 1.807) is 16.0 Å². The summed E-state index contributed by atoms with van der Waals surface area (Å²) in [5.74, 6) is 0.0141. The van der Waals surface area contributed by atoms with Gasteiger partial charge in [0.05, 0.1) is 0 Å². The van der Waals surface area contributed by atoms with E-state index in [1.807, 2.05) is 38.3 Å². The van der Waals surface area contributed by atoms with E-state index in [-0.39, 0.29) is 11.9 Å². The molecule has 0 radical (unpaired) electrons. The first kappa shape index (κ1) is 17.6. The average Bonchev–Trinajstić information content (AvgIpc) is 3.24. The Kier molecular flexibility index (Phi) is 4.39. The minimum absolute atomic E-state index is 0.0813. The van der Waals surface area contributed by atoms with Crippen molar-refractivity contribution >= 4 is 34.6 Å². The van der Waals surface area contributed by atoms with Crippen molar-refractivity contribution in [3.05, 3.63) is 57.5 Å². The summed E-state index contributed by atoms with van der Waals surface area (Å²) in [4.78, 5) is 23.2. The summed E-state index contributed by atoms with van der Waals surface area (Å²) in [7, 11) is 0. The quantitative estimate of drug-likeness (QED) is 0.741. The molecule has 2 unspecified atom stereocenters. The van der Waals surface area contributed by atoms with Gasteiger partial charge in [0.25, 0.3) is 0 Å². The van der Waals surface area contributed by atoms with Crippen LogP contribution < -0.4 is 5.32 Å². The second-order valence-electron chi connectivity index (χ2n) is 6.96. The van der Waals surface area contributed by atoms with Gasteiger partial charge < -0.3 is 5.32 Å². The van der Waals surface area contributed by atoms with Crippen molar-refractivity contribution in [3.63, 3.8) is 0 Å². The van der Waals surface area contributed by atoms with Gasteiger partial charge in [-0.2, -0.15) is 10.1 Å². The summed E-state index contributed by atoms with van der Waals surface area (Å²) < 4.78 is 1.76. The Bertz CT molecular complexity index is 1050. The van der Waals surface area contributed by atoms with Crippen LogP contribution >= 0.6 is 11.3 Å². The first-order chi connectivity index (χ1) is 13.0. The minimum atomic E-state index is -0.447. The Morgan fingerprint density at radius 3 is 2.67 bits per heavy atom. The number of aliphatic imine (C=N–C) groups is 1. The number of anilines is 1. The first-order valence-corrected chi connectivity index (χ1v) is 9.70. The Morgan fingerprint density at radius 1 is 1.15 bits per heavy atom. The van der Waals surface area contributed by atoms with Gasteiger partial charge in [0, 0.05) is 16.3 Å². The van der Waals surface area contributed by atoms with E-state index in [0.29, 0.717) is 5.95 Å². The molecule has 138 valence electrons. The normalized spacial score (nSPS) is 18.7. The number of aromatic nitrogens is 3. The van der Waals surface area contributed by atoms with Gasteiger partial charge in [0.15, 0.2) is 0 Å². The molecule has 7 heteroatoms. The topological polar surface area (TPSA) is 72.2 Å². The molecule has 2 aromatic heterocycles. The summed E-state index contributed by atoms with van der Waals surface area (Å²) in [6, 6.07) is 7.83. The molecule has 1 aromatic carbocycles. The predicted molar refractivity (Wildman–Crippen MR) is 108 cm³/mol. The smallest absolute Gasteiger partial charge is 0.248 e. The largest absolute Gasteiger partial charge is 0.325 e. The number of hydrogen-bond donors (Lipinski definition) is 1. The molecule has 0 aliphatic carbocycles. The first-order valence-electron chi connectivity index (χ1n) is 8.82.